The van der Waals surface area contributed by atoms with Crippen LogP contribution >= 0.6 is 0 Å². The zero-order valence-electron chi connectivity index (χ0n) is 11.2. The number of methoxy groups -OCH3 is 1. The van der Waals surface area contributed by atoms with Crippen molar-refractivity contribution in [2.75, 3.05) is 7.11 Å². The van der Waals surface area contributed by atoms with Gasteiger partial charge in [-0.15, -0.1) is 0 Å². The van der Waals surface area contributed by atoms with Crippen molar-refractivity contribution >= 4 is 16.7 Å². The van der Waals surface area contributed by atoms with E-state index in [1.807, 2.05) is 0 Å². The Morgan fingerprint density at radius 2 is 2.15 bits per heavy atom. The number of fused-ring (bicyclic) bond motifs is 1. The highest BCUT2D eigenvalue weighted by molar-refractivity contribution is 5.96. The molecule has 1 aromatic carbocycles. The van der Waals surface area contributed by atoms with Gasteiger partial charge in [0.25, 0.3) is 11.5 Å². The molecular formula is C15H16N2O3. The number of ether oxygens (including phenoxy) is 1. The first-order valence-corrected chi connectivity index (χ1v) is 6.69. The van der Waals surface area contributed by atoms with Gasteiger partial charge in [0, 0.05) is 11.4 Å². The lowest BCUT2D eigenvalue weighted by molar-refractivity contribution is 0.0912. The molecule has 1 aromatic heterocycles. The molecule has 0 unspecified atom stereocenters. The molecule has 1 aliphatic carbocycles. The molecule has 5 nitrogen and oxygen atoms in total. The number of aromatic nitrogens is 1. The third kappa shape index (κ3) is 2.27. The molecule has 104 valence electrons. The van der Waals surface area contributed by atoms with Gasteiger partial charge >= 0.3 is 0 Å². The third-order valence-electron chi connectivity index (χ3n) is 3.74. The van der Waals surface area contributed by atoms with E-state index in [-0.39, 0.29) is 17.5 Å². The Bertz CT molecular complexity index is 717. The minimum atomic E-state index is -0.260. The van der Waals surface area contributed by atoms with E-state index >= 15 is 0 Å². The maximum atomic E-state index is 12.1. The summed E-state index contributed by atoms with van der Waals surface area (Å²) in [5.41, 5.74) is 0.0339. The van der Waals surface area contributed by atoms with Gasteiger partial charge in [-0.05, 0) is 48.9 Å². The van der Waals surface area contributed by atoms with Gasteiger partial charge in [0.2, 0.25) is 0 Å². The molecule has 1 amide bonds. The standard InChI is InChI=1S/C15H16N2O3/c1-20-11-5-6-12-9(7-11)8-13(17-14(12)18)15(19)16-10-3-2-4-10/h5-8,10H,2-4H2,1H3,(H,16,19)(H,17,18). The van der Waals surface area contributed by atoms with Crippen molar-refractivity contribution in [1.29, 1.82) is 0 Å². The van der Waals surface area contributed by atoms with Crippen LogP contribution in [0.2, 0.25) is 0 Å². The predicted octanol–water partition coefficient (Wildman–Crippen LogP) is 1.82. The molecule has 5 heteroatoms. The Morgan fingerprint density at radius 1 is 1.35 bits per heavy atom. The quantitative estimate of drug-likeness (QED) is 0.895. The molecule has 0 atom stereocenters. The summed E-state index contributed by atoms with van der Waals surface area (Å²) < 4.78 is 5.14. The maximum Gasteiger partial charge on any atom is 0.268 e. The van der Waals surface area contributed by atoms with Crippen LogP contribution in [0.3, 0.4) is 0 Å². The van der Waals surface area contributed by atoms with Crippen LogP contribution in [0.15, 0.2) is 29.1 Å². The molecule has 1 saturated carbocycles. The van der Waals surface area contributed by atoms with Crippen molar-refractivity contribution in [2.24, 2.45) is 0 Å². The van der Waals surface area contributed by atoms with E-state index in [2.05, 4.69) is 10.3 Å². The summed E-state index contributed by atoms with van der Waals surface area (Å²) in [6.45, 7) is 0. The smallest absolute Gasteiger partial charge is 0.268 e. The van der Waals surface area contributed by atoms with E-state index in [4.69, 9.17) is 4.74 Å². The topological polar surface area (TPSA) is 71.2 Å². The Labute approximate surface area is 116 Å². The number of benzene rings is 1. The number of carbonyl (C=O) groups excluding carboxylic acids is 1. The fourth-order valence-electron chi connectivity index (χ4n) is 2.31. The number of pyridine rings is 1. The molecule has 0 radical (unpaired) electrons. The molecular weight excluding hydrogens is 256 g/mol. The van der Waals surface area contributed by atoms with Crippen molar-refractivity contribution in [3.8, 4) is 5.75 Å². The molecule has 1 aliphatic rings. The van der Waals surface area contributed by atoms with E-state index in [1.165, 1.54) is 0 Å². The van der Waals surface area contributed by atoms with Crippen LogP contribution < -0.4 is 15.6 Å². The minimum absolute atomic E-state index is 0.225. The second-order valence-corrected chi connectivity index (χ2v) is 5.07. The molecule has 1 fully saturated rings. The fraction of sp³-hybridized carbons (Fsp3) is 0.333. The normalized spacial score (nSPS) is 14.8. The van der Waals surface area contributed by atoms with Gasteiger partial charge in [-0.3, -0.25) is 9.59 Å². The van der Waals surface area contributed by atoms with Gasteiger partial charge < -0.3 is 15.0 Å². The molecule has 2 aromatic rings. The first-order chi connectivity index (χ1) is 9.67. The Kier molecular flexibility index (Phi) is 3.18. The average molecular weight is 272 g/mol. The lowest BCUT2D eigenvalue weighted by Gasteiger charge is -2.26. The van der Waals surface area contributed by atoms with Crippen molar-refractivity contribution in [2.45, 2.75) is 25.3 Å². The first-order valence-electron chi connectivity index (χ1n) is 6.69. The number of nitrogens with one attached hydrogen (secondary N) is 2. The van der Waals surface area contributed by atoms with Crippen LogP contribution in [-0.4, -0.2) is 24.0 Å². The summed E-state index contributed by atoms with van der Waals surface area (Å²) in [6.07, 6.45) is 3.17. The summed E-state index contributed by atoms with van der Waals surface area (Å²) in [4.78, 5) is 26.7. The second kappa shape index (κ2) is 5.00. The van der Waals surface area contributed by atoms with Crippen LogP contribution in [0.25, 0.3) is 10.8 Å². The highest BCUT2D eigenvalue weighted by Gasteiger charge is 2.20. The van der Waals surface area contributed by atoms with Crippen molar-refractivity contribution in [3.63, 3.8) is 0 Å². The molecule has 1 heterocycles. The third-order valence-corrected chi connectivity index (χ3v) is 3.74. The zero-order valence-corrected chi connectivity index (χ0v) is 11.2. The van der Waals surface area contributed by atoms with Crippen molar-refractivity contribution in [1.82, 2.24) is 10.3 Å². The molecule has 0 spiro atoms. The lowest BCUT2D eigenvalue weighted by Crippen LogP contribution is -2.40. The summed E-state index contributed by atoms with van der Waals surface area (Å²) in [7, 11) is 1.57. The fourth-order valence-corrected chi connectivity index (χ4v) is 2.31. The van der Waals surface area contributed by atoms with Crippen molar-refractivity contribution in [3.05, 3.63) is 40.3 Å². The van der Waals surface area contributed by atoms with Gasteiger partial charge in [0.15, 0.2) is 0 Å². The summed E-state index contributed by atoms with van der Waals surface area (Å²) in [6, 6.07) is 7.11. The Hall–Kier alpha value is -2.30. The molecule has 20 heavy (non-hydrogen) atoms. The molecule has 0 saturated heterocycles. The number of carbonyl (C=O) groups is 1. The Morgan fingerprint density at radius 3 is 2.80 bits per heavy atom. The number of hydrogen-bond donors (Lipinski definition) is 2. The molecule has 0 bridgehead atoms. The van der Waals surface area contributed by atoms with Gasteiger partial charge in [0.05, 0.1) is 7.11 Å². The van der Waals surface area contributed by atoms with Crippen LogP contribution in [0.4, 0.5) is 0 Å². The van der Waals surface area contributed by atoms with E-state index in [0.29, 0.717) is 22.2 Å². The largest absolute Gasteiger partial charge is 0.497 e. The van der Waals surface area contributed by atoms with E-state index in [9.17, 15) is 9.59 Å². The number of amides is 1. The van der Waals surface area contributed by atoms with E-state index in [0.717, 1.165) is 19.3 Å². The van der Waals surface area contributed by atoms with Crippen LogP contribution in [0, 0.1) is 0 Å². The van der Waals surface area contributed by atoms with Crippen LogP contribution in [0.1, 0.15) is 29.8 Å². The number of aromatic amines is 1. The Balaban J connectivity index is 1.98. The lowest BCUT2D eigenvalue weighted by atomic mass is 9.93. The number of H-pyrrole nitrogens is 1. The monoisotopic (exact) mass is 272 g/mol. The van der Waals surface area contributed by atoms with Gasteiger partial charge in [0.1, 0.15) is 11.4 Å². The van der Waals surface area contributed by atoms with Gasteiger partial charge in [-0.1, -0.05) is 0 Å². The maximum absolute atomic E-state index is 12.1. The van der Waals surface area contributed by atoms with E-state index < -0.39 is 0 Å². The minimum Gasteiger partial charge on any atom is -0.497 e. The van der Waals surface area contributed by atoms with Gasteiger partial charge in [-0.25, -0.2) is 0 Å². The summed E-state index contributed by atoms with van der Waals surface area (Å²) in [5.74, 6) is 0.435. The first kappa shape index (κ1) is 12.7. The molecule has 0 aliphatic heterocycles. The predicted molar refractivity (Wildman–Crippen MR) is 76.2 cm³/mol. The number of rotatable bonds is 3. The number of hydrogen-bond acceptors (Lipinski definition) is 3. The van der Waals surface area contributed by atoms with Crippen molar-refractivity contribution < 1.29 is 9.53 Å². The van der Waals surface area contributed by atoms with Gasteiger partial charge in [-0.2, -0.15) is 0 Å². The van der Waals surface area contributed by atoms with E-state index in [1.54, 1.807) is 31.4 Å². The van der Waals surface area contributed by atoms with Crippen LogP contribution in [-0.2, 0) is 0 Å². The SMILES string of the molecule is COc1ccc2c(=O)[nH]c(C(=O)NC3CCC3)cc2c1. The highest BCUT2D eigenvalue weighted by Crippen LogP contribution is 2.20. The molecule has 3 rings (SSSR count). The molecule has 2 N–H and O–H groups in total. The summed E-state index contributed by atoms with van der Waals surface area (Å²) in [5, 5.41) is 4.16. The zero-order chi connectivity index (χ0) is 14.1. The highest BCUT2D eigenvalue weighted by atomic mass is 16.5. The average Bonchev–Trinajstić information content (AvgIpc) is 2.41. The summed E-state index contributed by atoms with van der Waals surface area (Å²) >= 11 is 0. The van der Waals surface area contributed by atoms with Crippen LogP contribution in [0.5, 0.6) is 5.75 Å². The second-order valence-electron chi connectivity index (χ2n) is 5.07.